The lowest BCUT2D eigenvalue weighted by Crippen LogP contribution is -2.13. The van der Waals surface area contributed by atoms with Crippen molar-refractivity contribution in [1.82, 2.24) is 9.55 Å². The summed E-state index contributed by atoms with van der Waals surface area (Å²) >= 11 is 0. The van der Waals surface area contributed by atoms with Gasteiger partial charge < -0.3 is 10.4 Å². The molecule has 0 fully saturated rings. The Hall–Kier alpha value is -2.04. The second kappa shape index (κ2) is 4.86. The molecule has 1 aromatic carbocycles. The Morgan fingerprint density at radius 3 is 2.94 bits per heavy atom. The van der Waals surface area contributed by atoms with Gasteiger partial charge in [-0.25, -0.2) is 4.98 Å². The zero-order valence-electron chi connectivity index (χ0n) is 9.68. The zero-order chi connectivity index (χ0) is 12.3. The molecule has 0 spiro atoms. The normalized spacial score (nSPS) is 10.6. The minimum absolute atomic E-state index is 0.0768. The quantitative estimate of drug-likeness (QED) is 0.828. The first-order valence-corrected chi connectivity index (χ1v) is 5.63. The van der Waals surface area contributed by atoms with Gasteiger partial charge in [-0.2, -0.15) is 0 Å². The number of aliphatic carboxylic acids is 1. The van der Waals surface area contributed by atoms with E-state index in [4.69, 9.17) is 5.11 Å². The molecule has 2 N–H and O–H groups in total. The molecule has 0 saturated carbocycles. The molecule has 1 heterocycles. The molecule has 5 nitrogen and oxygen atoms in total. The standard InChI is InChI=1S/C12H15N3O2/c1-2-7-13-12-14-9-5-3-4-6-10(9)15(12)8-11(16)17/h3-6H,2,7-8H2,1H3,(H,13,14)(H,16,17). The maximum absolute atomic E-state index is 10.9. The number of carbonyl (C=O) groups is 1. The molecular weight excluding hydrogens is 218 g/mol. The van der Waals surface area contributed by atoms with Gasteiger partial charge in [0.05, 0.1) is 11.0 Å². The Balaban J connectivity index is 2.44. The van der Waals surface area contributed by atoms with Crippen molar-refractivity contribution in [2.24, 2.45) is 0 Å². The summed E-state index contributed by atoms with van der Waals surface area (Å²) in [6.07, 6.45) is 0.969. The number of carboxylic acid groups (broad SMARTS) is 1. The van der Waals surface area contributed by atoms with Crippen molar-refractivity contribution in [3.8, 4) is 0 Å². The molecule has 17 heavy (non-hydrogen) atoms. The molecule has 90 valence electrons. The number of benzene rings is 1. The molecule has 2 aromatic rings. The summed E-state index contributed by atoms with van der Waals surface area (Å²) in [5.41, 5.74) is 1.65. The molecule has 0 unspecified atom stereocenters. The van der Waals surface area contributed by atoms with E-state index in [1.54, 1.807) is 4.57 Å². The fourth-order valence-electron chi connectivity index (χ4n) is 1.74. The van der Waals surface area contributed by atoms with Crippen LogP contribution in [0.15, 0.2) is 24.3 Å². The molecule has 0 aliphatic heterocycles. The number of imidazole rings is 1. The summed E-state index contributed by atoms with van der Waals surface area (Å²) in [6, 6.07) is 7.53. The SMILES string of the molecule is CCCNc1nc2ccccc2n1CC(=O)O. The monoisotopic (exact) mass is 233 g/mol. The van der Waals surface area contributed by atoms with E-state index in [9.17, 15) is 4.79 Å². The van der Waals surface area contributed by atoms with Crippen LogP contribution in [-0.2, 0) is 11.3 Å². The Labute approximate surface area is 99.1 Å². The van der Waals surface area contributed by atoms with Gasteiger partial charge in [0.25, 0.3) is 0 Å². The molecule has 0 saturated heterocycles. The lowest BCUT2D eigenvalue weighted by atomic mass is 10.3. The number of hydrogen-bond acceptors (Lipinski definition) is 3. The van der Waals surface area contributed by atoms with Gasteiger partial charge >= 0.3 is 5.97 Å². The van der Waals surface area contributed by atoms with Crippen molar-refractivity contribution >= 4 is 23.0 Å². The van der Waals surface area contributed by atoms with Crippen LogP contribution in [0.2, 0.25) is 0 Å². The van der Waals surface area contributed by atoms with Gasteiger partial charge in [-0.3, -0.25) is 9.36 Å². The average Bonchev–Trinajstić information content (AvgIpc) is 2.64. The van der Waals surface area contributed by atoms with E-state index in [0.29, 0.717) is 5.95 Å². The van der Waals surface area contributed by atoms with E-state index in [2.05, 4.69) is 17.2 Å². The van der Waals surface area contributed by atoms with Crippen LogP contribution in [-0.4, -0.2) is 27.2 Å². The summed E-state index contributed by atoms with van der Waals surface area (Å²) in [5.74, 6) is -0.247. The molecule has 5 heteroatoms. The highest BCUT2D eigenvalue weighted by Gasteiger charge is 2.11. The van der Waals surface area contributed by atoms with Crippen LogP contribution >= 0.6 is 0 Å². The molecule has 0 radical (unpaired) electrons. The van der Waals surface area contributed by atoms with Crippen molar-refractivity contribution in [2.45, 2.75) is 19.9 Å². The summed E-state index contributed by atoms with van der Waals surface area (Å²) < 4.78 is 1.69. The molecule has 0 atom stereocenters. The molecule has 1 aromatic heterocycles. The Morgan fingerprint density at radius 1 is 1.47 bits per heavy atom. The number of carboxylic acids is 1. The third-order valence-corrected chi connectivity index (χ3v) is 2.48. The Morgan fingerprint density at radius 2 is 2.24 bits per heavy atom. The summed E-state index contributed by atoms with van der Waals surface area (Å²) in [6.45, 7) is 2.76. The maximum Gasteiger partial charge on any atom is 0.323 e. The van der Waals surface area contributed by atoms with Crippen molar-refractivity contribution in [2.75, 3.05) is 11.9 Å². The van der Waals surface area contributed by atoms with Gasteiger partial charge in [-0.15, -0.1) is 0 Å². The number of nitrogens with one attached hydrogen (secondary N) is 1. The first kappa shape index (κ1) is 11.4. The van der Waals surface area contributed by atoms with Crippen LogP contribution in [0.5, 0.6) is 0 Å². The number of para-hydroxylation sites is 2. The lowest BCUT2D eigenvalue weighted by Gasteiger charge is -2.07. The minimum Gasteiger partial charge on any atom is -0.480 e. The number of aromatic nitrogens is 2. The van der Waals surface area contributed by atoms with Crippen LogP contribution < -0.4 is 5.32 Å². The van der Waals surface area contributed by atoms with Gasteiger partial charge in [0.1, 0.15) is 6.54 Å². The predicted octanol–water partition coefficient (Wildman–Crippen LogP) is 1.94. The first-order valence-electron chi connectivity index (χ1n) is 5.63. The molecule has 0 aliphatic carbocycles. The van der Waals surface area contributed by atoms with Crippen molar-refractivity contribution in [3.63, 3.8) is 0 Å². The predicted molar refractivity (Wildman–Crippen MR) is 66.1 cm³/mol. The van der Waals surface area contributed by atoms with Crippen molar-refractivity contribution in [3.05, 3.63) is 24.3 Å². The van der Waals surface area contributed by atoms with E-state index in [1.165, 1.54) is 0 Å². The van der Waals surface area contributed by atoms with Crippen LogP contribution in [0.4, 0.5) is 5.95 Å². The van der Waals surface area contributed by atoms with Gasteiger partial charge in [-0.1, -0.05) is 19.1 Å². The first-order chi connectivity index (χ1) is 8.22. The van der Waals surface area contributed by atoms with E-state index in [-0.39, 0.29) is 6.54 Å². The van der Waals surface area contributed by atoms with E-state index in [1.807, 2.05) is 24.3 Å². The summed E-state index contributed by atoms with van der Waals surface area (Å²) in [4.78, 5) is 15.3. The van der Waals surface area contributed by atoms with Gasteiger partial charge in [0.2, 0.25) is 5.95 Å². The van der Waals surface area contributed by atoms with Crippen LogP contribution in [0.1, 0.15) is 13.3 Å². The Bertz CT molecular complexity index is 534. The van der Waals surface area contributed by atoms with Crippen LogP contribution in [0.25, 0.3) is 11.0 Å². The number of rotatable bonds is 5. The second-order valence-corrected chi connectivity index (χ2v) is 3.83. The number of nitrogens with zero attached hydrogens (tertiary/aromatic N) is 2. The summed E-state index contributed by atoms with van der Waals surface area (Å²) in [5, 5.41) is 12.1. The van der Waals surface area contributed by atoms with E-state index < -0.39 is 5.97 Å². The maximum atomic E-state index is 10.9. The summed E-state index contributed by atoms with van der Waals surface area (Å²) in [7, 11) is 0. The van der Waals surface area contributed by atoms with Gasteiger partial charge in [-0.05, 0) is 18.6 Å². The number of fused-ring (bicyclic) bond motifs is 1. The highest BCUT2D eigenvalue weighted by Crippen LogP contribution is 2.19. The van der Waals surface area contributed by atoms with Gasteiger partial charge in [0.15, 0.2) is 0 Å². The van der Waals surface area contributed by atoms with Crippen molar-refractivity contribution in [1.29, 1.82) is 0 Å². The molecule has 2 rings (SSSR count). The smallest absolute Gasteiger partial charge is 0.323 e. The average molecular weight is 233 g/mol. The van der Waals surface area contributed by atoms with Crippen molar-refractivity contribution < 1.29 is 9.90 Å². The third kappa shape index (κ3) is 2.38. The number of hydrogen-bond donors (Lipinski definition) is 2. The van der Waals surface area contributed by atoms with E-state index >= 15 is 0 Å². The molecular formula is C12H15N3O2. The van der Waals surface area contributed by atoms with Gasteiger partial charge in [0, 0.05) is 6.54 Å². The van der Waals surface area contributed by atoms with Crippen LogP contribution in [0, 0.1) is 0 Å². The minimum atomic E-state index is -0.868. The molecule has 0 amide bonds. The second-order valence-electron chi connectivity index (χ2n) is 3.83. The van der Waals surface area contributed by atoms with E-state index in [0.717, 1.165) is 24.0 Å². The molecule has 0 aliphatic rings. The fraction of sp³-hybridized carbons (Fsp3) is 0.333. The lowest BCUT2D eigenvalue weighted by molar-refractivity contribution is -0.137. The molecule has 0 bridgehead atoms. The fourth-order valence-corrected chi connectivity index (χ4v) is 1.74. The zero-order valence-corrected chi connectivity index (χ0v) is 9.68. The highest BCUT2D eigenvalue weighted by atomic mass is 16.4. The third-order valence-electron chi connectivity index (χ3n) is 2.48. The van der Waals surface area contributed by atoms with Crippen LogP contribution in [0.3, 0.4) is 0 Å². The topological polar surface area (TPSA) is 67.2 Å². The largest absolute Gasteiger partial charge is 0.480 e. The Kier molecular flexibility index (Phi) is 3.27. The number of anilines is 1. The highest BCUT2D eigenvalue weighted by molar-refractivity contribution is 5.81.